The van der Waals surface area contributed by atoms with Crippen LogP contribution in [-0.4, -0.2) is 47.2 Å². The lowest BCUT2D eigenvalue weighted by Gasteiger charge is -2.31. The third-order valence-electron chi connectivity index (χ3n) is 6.66. The highest BCUT2D eigenvalue weighted by Crippen LogP contribution is 2.47. The second-order valence-corrected chi connectivity index (χ2v) is 11.7. The van der Waals surface area contributed by atoms with E-state index < -0.39 is 23.2 Å². The summed E-state index contributed by atoms with van der Waals surface area (Å²) in [5.41, 5.74) is 0.342. The second kappa shape index (κ2) is 12.6. The predicted octanol–water partition coefficient (Wildman–Crippen LogP) is 5.38. The Hall–Kier alpha value is -1.32. The van der Waals surface area contributed by atoms with Gasteiger partial charge in [-0.1, -0.05) is 50.1 Å². The van der Waals surface area contributed by atoms with E-state index in [0.717, 1.165) is 25.7 Å². The first-order valence-electron chi connectivity index (χ1n) is 12.5. The number of carbonyl (C=O) groups is 1. The van der Waals surface area contributed by atoms with Gasteiger partial charge in [0.1, 0.15) is 12.2 Å². The van der Waals surface area contributed by atoms with Crippen LogP contribution in [0.1, 0.15) is 80.1 Å². The van der Waals surface area contributed by atoms with E-state index in [9.17, 15) is 15.0 Å². The molecular formula is C28H43ClO5. The minimum Gasteiger partial charge on any atom is -0.458 e. The number of aliphatic hydroxyl groups excluding tert-OH is 2. The molecule has 1 saturated carbocycles. The molecule has 34 heavy (non-hydrogen) atoms. The van der Waals surface area contributed by atoms with Crippen LogP contribution in [-0.2, 0) is 14.3 Å². The van der Waals surface area contributed by atoms with Gasteiger partial charge in [-0.3, -0.25) is 0 Å². The molecule has 2 rings (SSSR count). The van der Waals surface area contributed by atoms with Gasteiger partial charge in [-0.25, -0.2) is 4.79 Å². The van der Waals surface area contributed by atoms with Crippen molar-refractivity contribution in [3.8, 4) is 11.8 Å². The number of hydrogen-bond acceptors (Lipinski definition) is 5. The highest BCUT2D eigenvalue weighted by atomic mass is 35.5. The molecule has 5 nitrogen and oxygen atoms in total. The van der Waals surface area contributed by atoms with Gasteiger partial charge >= 0.3 is 5.97 Å². The molecular weight excluding hydrogens is 452 g/mol. The van der Waals surface area contributed by atoms with Crippen LogP contribution in [0.3, 0.4) is 0 Å². The Balaban J connectivity index is 1.91. The van der Waals surface area contributed by atoms with E-state index in [0.29, 0.717) is 30.4 Å². The highest BCUT2D eigenvalue weighted by molar-refractivity contribution is 6.30. The molecule has 0 heterocycles. The van der Waals surface area contributed by atoms with Crippen LogP contribution >= 0.6 is 11.6 Å². The molecule has 0 aliphatic heterocycles. The van der Waals surface area contributed by atoms with Crippen molar-refractivity contribution in [2.24, 2.45) is 23.2 Å². The van der Waals surface area contributed by atoms with Crippen LogP contribution in [0, 0.1) is 35.0 Å². The van der Waals surface area contributed by atoms with Crippen molar-refractivity contribution >= 4 is 17.6 Å². The number of allylic oxidation sites excluding steroid dienone is 1. The summed E-state index contributed by atoms with van der Waals surface area (Å²) in [6.07, 6.45) is 7.59. The van der Waals surface area contributed by atoms with Crippen molar-refractivity contribution in [2.75, 3.05) is 13.2 Å². The van der Waals surface area contributed by atoms with Crippen LogP contribution in [0.2, 0.25) is 0 Å². The largest absolute Gasteiger partial charge is 0.458 e. The summed E-state index contributed by atoms with van der Waals surface area (Å²) in [5.74, 6) is 6.35. The van der Waals surface area contributed by atoms with Gasteiger partial charge in [0.2, 0.25) is 0 Å². The first-order valence-corrected chi connectivity index (χ1v) is 12.9. The average molecular weight is 495 g/mol. The molecule has 5 atom stereocenters. The number of carbonyl (C=O) groups excluding carboxylic acids is 1. The number of rotatable bonds is 9. The smallest absolute Gasteiger partial charge is 0.332 e. The molecule has 0 aromatic rings. The Kier molecular flexibility index (Phi) is 10.7. The maximum Gasteiger partial charge on any atom is 0.332 e. The van der Waals surface area contributed by atoms with Crippen LogP contribution < -0.4 is 0 Å². The Morgan fingerprint density at radius 1 is 1.29 bits per heavy atom. The lowest BCUT2D eigenvalue weighted by Crippen LogP contribution is -2.30. The van der Waals surface area contributed by atoms with Gasteiger partial charge in [0.05, 0.1) is 18.8 Å². The van der Waals surface area contributed by atoms with Crippen molar-refractivity contribution in [1.82, 2.24) is 0 Å². The number of hydrogen-bond donors (Lipinski definition) is 2. The Morgan fingerprint density at radius 2 is 2.00 bits per heavy atom. The predicted molar refractivity (Wildman–Crippen MR) is 136 cm³/mol. The standard InChI is InChI=1S/C28H43ClO5/c1-7-8-9-13-28(5,6)26(32)23(29)17-22-21-11-10-19(15-20(21)16-24(22)30)12-14-33-18-25(31)34-27(2,3)4/h15,17,20-22,24,26,30,32H,7,10-14,16,18H2,1-6H3/b23-17-/t20-,21-,22+,24+,26-/m0/s1. The number of halogens is 1. The third kappa shape index (κ3) is 8.72. The molecule has 2 aliphatic rings. The molecule has 2 N–H and O–H groups in total. The normalized spacial score (nSPS) is 26.3. The van der Waals surface area contributed by atoms with E-state index in [1.54, 1.807) is 0 Å². The molecule has 0 bridgehead atoms. The number of aliphatic hydroxyl groups is 2. The molecule has 1 fully saturated rings. The van der Waals surface area contributed by atoms with E-state index in [1.165, 1.54) is 5.57 Å². The van der Waals surface area contributed by atoms with Gasteiger partial charge in [0.15, 0.2) is 0 Å². The monoisotopic (exact) mass is 494 g/mol. The number of ether oxygens (including phenoxy) is 2. The van der Waals surface area contributed by atoms with Crippen molar-refractivity contribution < 1.29 is 24.5 Å². The summed E-state index contributed by atoms with van der Waals surface area (Å²) in [6, 6.07) is 0. The van der Waals surface area contributed by atoms with E-state index in [4.69, 9.17) is 21.1 Å². The van der Waals surface area contributed by atoms with Gasteiger partial charge in [0, 0.05) is 29.2 Å². The maximum absolute atomic E-state index is 11.8. The summed E-state index contributed by atoms with van der Waals surface area (Å²) in [5, 5.41) is 22.0. The topological polar surface area (TPSA) is 76.0 Å². The quantitative estimate of drug-likeness (QED) is 0.195. The zero-order valence-electron chi connectivity index (χ0n) is 21.7. The summed E-state index contributed by atoms with van der Waals surface area (Å²) in [4.78, 5) is 11.8. The Morgan fingerprint density at radius 3 is 2.65 bits per heavy atom. The van der Waals surface area contributed by atoms with Gasteiger partial charge in [-0.15, -0.1) is 11.8 Å². The lowest BCUT2D eigenvalue weighted by molar-refractivity contribution is -0.160. The van der Waals surface area contributed by atoms with E-state index in [1.807, 2.05) is 47.6 Å². The van der Waals surface area contributed by atoms with Gasteiger partial charge in [-0.05, 0) is 58.3 Å². The van der Waals surface area contributed by atoms with Gasteiger partial charge in [0.25, 0.3) is 0 Å². The van der Waals surface area contributed by atoms with Crippen LogP contribution in [0.15, 0.2) is 22.8 Å². The first-order chi connectivity index (χ1) is 15.8. The molecule has 0 amide bonds. The van der Waals surface area contributed by atoms with Crippen LogP contribution in [0.5, 0.6) is 0 Å². The van der Waals surface area contributed by atoms with Crippen LogP contribution in [0.4, 0.5) is 0 Å². The molecule has 0 spiro atoms. The SMILES string of the molecule is CCC#CCC(C)(C)[C@@H](O)/C(Cl)=C/[C@@H]1[C@H]2CCC(CCOCC(=O)OC(C)(C)C)=C[C@H]2C[C@H]1O. The number of fused-ring (bicyclic) bond motifs is 1. The molecule has 0 unspecified atom stereocenters. The minimum atomic E-state index is -0.816. The van der Waals surface area contributed by atoms with E-state index >= 15 is 0 Å². The van der Waals surface area contributed by atoms with E-state index in [-0.39, 0.29) is 24.4 Å². The average Bonchev–Trinajstić information content (AvgIpc) is 3.03. The second-order valence-electron chi connectivity index (χ2n) is 11.3. The fraction of sp³-hybridized carbons (Fsp3) is 0.750. The Bertz CT molecular complexity index is 811. The molecule has 2 aliphatic carbocycles. The lowest BCUT2D eigenvalue weighted by atomic mass is 9.77. The molecule has 0 aromatic carbocycles. The van der Waals surface area contributed by atoms with Gasteiger partial charge < -0.3 is 19.7 Å². The minimum absolute atomic E-state index is 0.0383. The number of esters is 1. The summed E-state index contributed by atoms with van der Waals surface area (Å²) in [7, 11) is 0. The fourth-order valence-electron chi connectivity index (χ4n) is 4.85. The molecule has 0 aromatic heterocycles. The maximum atomic E-state index is 11.8. The van der Waals surface area contributed by atoms with Crippen molar-refractivity contribution in [3.63, 3.8) is 0 Å². The Labute approximate surface area is 210 Å². The van der Waals surface area contributed by atoms with Gasteiger partial charge in [-0.2, -0.15) is 0 Å². The molecule has 0 saturated heterocycles. The fourth-order valence-corrected chi connectivity index (χ4v) is 5.29. The summed E-state index contributed by atoms with van der Waals surface area (Å²) in [6.45, 7) is 11.9. The van der Waals surface area contributed by atoms with Crippen molar-refractivity contribution in [1.29, 1.82) is 0 Å². The summed E-state index contributed by atoms with van der Waals surface area (Å²) < 4.78 is 10.8. The highest BCUT2D eigenvalue weighted by Gasteiger charge is 2.42. The molecule has 0 radical (unpaired) electrons. The third-order valence-corrected chi connectivity index (χ3v) is 6.99. The molecule has 192 valence electrons. The van der Waals surface area contributed by atoms with Crippen molar-refractivity contribution in [3.05, 3.63) is 22.8 Å². The summed E-state index contributed by atoms with van der Waals surface area (Å²) >= 11 is 6.57. The first kappa shape index (κ1) is 28.9. The zero-order valence-corrected chi connectivity index (χ0v) is 22.5. The van der Waals surface area contributed by atoms with Crippen LogP contribution in [0.25, 0.3) is 0 Å². The zero-order chi connectivity index (χ0) is 25.5. The van der Waals surface area contributed by atoms with Crippen molar-refractivity contribution in [2.45, 2.75) is 97.9 Å². The van der Waals surface area contributed by atoms with E-state index in [2.05, 4.69) is 17.9 Å². The molecule has 6 heteroatoms.